The first-order valence-corrected chi connectivity index (χ1v) is 12.0. The summed E-state index contributed by atoms with van der Waals surface area (Å²) in [7, 11) is 0. The van der Waals surface area contributed by atoms with Gasteiger partial charge in [-0.25, -0.2) is 10.2 Å². The van der Waals surface area contributed by atoms with Crippen molar-refractivity contribution in [3.8, 4) is 0 Å². The number of rotatable bonds is 8. The summed E-state index contributed by atoms with van der Waals surface area (Å²) in [6, 6.07) is 10.0. The molecule has 8 heteroatoms. The van der Waals surface area contributed by atoms with Crippen LogP contribution in [-0.2, 0) is 11.2 Å². The van der Waals surface area contributed by atoms with Crippen LogP contribution in [0.25, 0.3) is 5.57 Å². The Labute approximate surface area is 200 Å². The van der Waals surface area contributed by atoms with Crippen LogP contribution < -0.4 is 10.5 Å². The van der Waals surface area contributed by atoms with Gasteiger partial charge in [0, 0.05) is 41.8 Å². The molecule has 0 spiro atoms. The third kappa shape index (κ3) is 5.73. The average Bonchev–Trinajstić information content (AvgIpc) is 3.25. The van der Waals surface area contributed by atoms with Crippen LogP contribution in [0.4, 0.5) is 5.69 Å². The summed E-state index contributed by atoms with van der Waals surface area (Å²) >= 11 is 6.05. The lowest BCUT2D eigenvalue weighted by atomic mass is 9.97. The minimum absolute atomic E-state index is 0.00193. The molecule has 0 saturated carbocycles. The number of hydrogen-bond acceptors (Lipinski definition) is 5. The van der Waals surface area contributed by atoms with Crippen LogP contribution >= 0.6 is 11.6 Å². The van der Waals surface area contributed by atoms with Crippen molar-refractivity contribution in [2.45, 2.75) is 39.2 Å². The van der Waals surface area contributed by atoms with E-state index in [4.69, 9.17) is 11.6 Å². The van der Waals surface area contributed by atoms with Gasteiger partial charge in [0.25, 0.3) is 0 Å². The molecule has 1 amide bonds. The molecule has 4 rings (SSSR count). The van der Waals surface area contributed by atoms with Crippen LogP contribution in [0.1, 0.15) is 37.8 Å². The molecule has 2 aliphatic rings. The molecule has 2 aromatic rings. The second kappa shape index (κ2) is 10.7. The Hall–Kier alpha value is -2.45. The zero-order valence-electron chi connectivity index (χ0n) is 19.3. The van der Waals surface area contributed by atoms with Gasteiger partial charge in [-0.15, -0.1) is 0 Å². The fourth-order valence-corrected chi connectivity index (χ4v) is 4.69. The van der Waals surface area contributed by atoms with E-state index in [0.29, 0.717) is 30.2 Å². The predicted octanol–water partition coefficient (Wildman–Crippen LogP) is 2.80. The number of halogens is 1. The maximum Gasteiger partial charge on any atom is 0.222 e. The Morgan fingerprint density at radius 1 is 1.30 bits per heavy atom. The molecular weight excluding hydrogens is 438 g/mol. The van der Waals surface area contributed by atoms with Gasteiger partial charge in [0.1, 0.15) is 0 Å². The number of likely N-dealkylation sites (tertiary alicyclic amines) is 1. The summed E-state index contributed by atoms with van der Waals surface area (Å²) in [5, 5.41) is 18.8. The first-order chi connectivity index (χ1) is 15.9. The molecule has 0 radical (unpaired) electrons. The maximum atomic E-state index is 13.3. The molecule has 3 heterocycles. The van der Waals surface area contributed by atoms with E-state index < -0.39 is 0 Å². The fourth-order valence-electron chi connectivity index (χ4n) is 4.56. The number of pyridine rings is 1. The van der Waals surface area contributed by atoms with Crippen molar-refractivity contribution >= 4 is 28.8 Å². The molecule has 2 aliphatic heterocycles. The van der Waals surface area contributed by atoms with Gasteiger partial charge in [-0.2, -0.15) is 0 Å². The number of nitrogens with zero attached hydrogens (tertiary/aromatic N) is 3. The molecule has 2 N–H and O–H groups in total. The Balaban J connectivity index is 1.48. The van der Waals surface area contributed by atoms with Crippen molar-refractivity contribution in [2.24, 2.45) is 5.92 Å². The van der Waals surface area contributed by atoms with Crippen LogP contribution in [0.2, 0.25) is 5.02 Å². The SMILES string of the molecule is CC(C)C(=O)NCCN1CCC[C@@H]1CN1C=C(Cc2ccc(Cl)cc2)c2ccncc2[NH+]1[O-]. The van der Waals surface area contributed by atoms with E-state index in [1.165, 1.54) is 0 Å². The first-order valence-electron chi connectivity index (χ1n) is 11.6. The molecule has 1 unspecified atom stereocenters. The predicted molar refractivity (Wildman–Crippen MR) is 131 cm³/mol. The highest BCUT2D eigenvalue weighted by Gasteiger charge is 2.31. The van der Waals surface area contributed by atoms with E-state index in [2.05, 4.69) is 15.2 Å². The van der Waals surface area contributed by atoms with E-state index in [1.54, 1.807) is 12.4 Å². The molecule has 0 bridgehead atoms. The third-order valence-electron chi connectivity index (χ3n) is 6.41. The average molecular weight is 470 g/mol. The second-order valence-corrected chi connectivity index (χ2v) is 9.55. The van der Waals surface area contributed by atoms with Crippen molar-refractivity contribution in [3.63, 3.8) is 0 Å². The highest BCUT2D eigenvalue weighted by Crippen LogP contribution is 2.28. The lowest BCUT2D eigenvalue weighted by molar-refractivity contribution is -0.903. The molecule has 1 fully saturated rings. The highest BCUT2D eigenvalue weighted by atomic mass is 35.5. The van der Waals surface area contributed by atoms with Gasteiger partial charge in [0.15, 0.2) is 5.69 Å². The van der Waals surface area contributed by atoms with Crippen LogP contribution in [-0.4, -0.2) is 53.0 Å². The van der Waals surface area contributed by atoms with Crippen molar-refractivity contribution in [1.82, 2.24) is 20.2 Å². The molecule has 1 saturated heterocycles. The fraction of sp³-hybridized carbons (Fsp3) is 0.440. The van der Waals surface area contributed by atoms with Crippen molar-refractivity contribution < 1.29 is 9.97 Å². The molecule has 0 aliphatic carbocycles. The number of nitrogens with one attached hydrogen (secondary N) is 2. The molecule has 1 aromatic carbocycles. The number of aromatic nitrogens is 1. The van der Waals surface area contributed by atoms with Gasteiger partial charge in [0.05, 0.1) is 18.9 Å². The summed E-state index contributed by atoms with van der Waals surface area (Å²) < 4.78 is 0. The summed E-state index contributed by atoms with van der Waals surface area (Å²) in [5.41, 5.74) is 3.84. The highest BCUT2D eigenvalue weighted by molar-refractivity contribution is 6.30. The lowest BCUT2D eigenvalue weighted by Crippen LogP contribution is -3.09. The number of carbonyl (C=O) groups is 1. The van der Waals surface area contributed by atoms with Crippen LogP contribution in [0.5, 0.6) is 0 Å². The van der Waals surface area contributed by atoms with E-state index >= 15 is 0 Å². The van der Waals surface area contributed by atoms with Gasteiger partial charge >= 0.3 is 0 Å². The van der Waals surface area contributed by atoms with Crippen LogP contribution in [0, 0.1) is 11.1 Å². The Morgan fingerprint density at radius 2 is 2.09 bits per heavy atom. The standard InChI is InChI=1S/C25H32ClN5O2/c1-18(2)25(32)28-11-13-29-12-3-4-22(29)17-30-16-20(14-19-5-7-21(26)8-6-19)23-9-10-27-15-24(23)31(30)33/h5-10,15-16,18,22,31H,3-4,11-14,17H2,1-2H3,(H,28,32)/t22-/m1/s1. The molecule has 176 valence electrons. The quantitative estimate of drug-likeness (QED) is 0.581. The minimum atomic E-state index is -0.0109. The number of allylic oxidation sites excluding steroid dienone is 1. The van der Waals surface area contributed by atoms with Gasteiger partial charge in [-0.3, -0.25) is 14.7 Å². The van der Waals surface area contributed by atoms with E-state index in [1.807, 2.05) is 55.4 Å². The summed E-state index contributed by atoms with van der Waals surface area (Å²) in [5.74, 6) is 0.0686. The Morgan fingerprint density at radius 3 is 2.85 bits per heavy atom. The van der Waals surface area contributed by atoms with Gasteiger partial charge in [-0.1, -0.05) is 37.6 Å². The first kappa shape index (κ1) is 23.7. The van der Waals surface area contributed by atoms with Crippen molar-refractivity contribution in [3.05, 3.63) is 70.3 Å². The lowest BCUT2D eigenvalue weighted by Gasteiger charge is -2.40. The van der Waals surface area contributed by atoms with Crippen molar-refractivity contribution in [2.75, 3.05) is 26.2 Å². The zero-order chi connectivity index (χ0) is 23.4. The van der Waals surface area contributed by atoms with Gasteiger partial charge in [0.2, 0.25) is 5.91 Å². The maximum absolute atomic E-state index is 13.3. The second-order valence-electron chi connectivity index (χ2n) is 9.11. The normalized spacial score (nSPS) is 20.6. The number of fused-ring (bicyclic) bond motifs is 1. The van der Waals surface area contributed by atoms with E-state index in [9.17, 15) is 10.0 Å². The minimum Gasteiger partial charge on any atom is -0.603 e. The number of carbonyl (C=O) groups excluding carboxylic acids is 1. The number of amides is 1. The molecule has 2 atom stereocenters. The number of hydrogen-bond donors (Lipinski definition) is 2. The van der Waals surface area contributed by atoms with E-state index in [0.717, 1.165) is 42.6 Å². The third-order valence-corrected chi connectivity index (χ3v) is 6.66. The zero-order valence-corrected chi connectivity index (χ0v) is 20.0. The summed E-state index contributed by atoms with van der Waals surface area (Å²) in [6.07, 6.45) is 8.28. The summed E-state index contributed by atoms with van der Waals surface area (Å²) in [6.45, 7) is 6.85. The monoisotopic (exact) mass is 469 g/mol. The largest absolute Gasteiger partial charge is 0.603 e. The molecule has 7 nitrogen and oxygen atoms in total. The van der Waals surface area contributed by atoms with Crippen LogP contribution in [0.15, 0.2) is 48.9 Å². The van der Waals surface area contributed by atoms with Crippen molar-refractivity contribution in [1.29, 1.82) is 0 Å². The molecule has 1 aromatic heterocycles. The van der Waals surface area contributed by atoms with E-state index in [-0.39, 0.29) is 23.0 Å². The summed E-state index contributed by atoms with van der Waals surface area (Å²) in [4.78, 5) is 18.5. The number of quaternary nitrogens is 1. The number of benzene rings is 1. The Kier molecular flexibility index (Phi) is 7.65. The van der Waals surface area contributed by atoms with Crippen LogP contribution in [0.3, 0.4) is 0 Å². The Bertz CT molecular complexity index is 995. The molecular formula is C25H32ClN5O2. The molecule has 33 heavy (non-hydrogen) atoms. The van der Waals surface area contributed by atoms with Gasteiger partial charge < -0.3 is 10.5 Å². The van der Waals surface area contributed by atoms with Gasteiger partial charge in [-0.05, 0) is 55.1 Å². The smallest absolute Gasteiger partial charge is 0.222 e. The topological polar surface area (TPSA) is 76.0 Å².